The molecule has 19 unspecified atom stereocenters. The van der Waals surface area contributed by atoms with Crippen LogP contribution in [0, 0.1) is 40.1 Å². The minimum Gasteiger partial charge on any atom is -0.492 e. The van der Waals surface area contributed by atoms with Gasteiger partial charge < -0.3 is 98.3 Å². The molecule has 27 nitrogen and oxygen atoms in total. The number of aliphatic hydroxyl groups excluding tert-OH is 4. The van der Waals surface area contributed by atoms with Crippen LogP contribution in [0.3, 0.4) is 0 Å². The number of amides is 2. The van der Waals surface area contributed by atoms with E-state index in [2.05, 4.69) is 34.5 Å². The molecule has 4 heterocycles. The first-order chi connectivity index (χ1) is 44.1. The summed E-state index contributed by atoms with van der Waals surface area (Å²) in [7, 11) is 9.50. The van der Waals surface area contributed by atoms with E-state index in [1.165, 1.54) is 69.1 Å². The topological polar surface area (TPSA) is 360 Å². The zero-order valence-electron chi connectivity index (χ0n) is 54.1. The number of thioether (sulfide) groups is 1. The molecule has 518 valence electrons. The molecule has 7 rings (SSSR count). The van der Waals surface area contributed by atoms with Crippen molar-refractivity contribution in [3.8, 4) is 40.9 Å². The maximum atomic E-state index is 14.5. The molecule has 1 aromatic rings. The lowest BCUT2D eigenvalue weighted by Crippen LogP contribution is -2.66. The van der Waals surface area contributed by atoms with Crippen LogP contribution in [-0.4, -0.2) is 246 Å². The van der Waals surface area contributed by atoms with Crippen LogP contribution in [-0.2, 0) is 61.9 Å². The van der Waals surface area contributed by atoms with Crippen molar-refractivity contribution in [2.45, 2.75) is 207 Å². The van der Waals surface area contributed by atoms with Crippen molar-refractivity contribution < 1.29 is 111 Å². The van der Waals surface area contributed by atoms with E-state index in [9.17, 15) is 49.5 Å². The Morgan fingerprint density at radius 1 is 0.892 bits per heavy atom. The van der Waals surface area contributed by atoms with Crippen LogP contribution in [0.4, 0.5) is 4.79 Å². The highest BCUT2D eigenvalue weighted by atomic mass is 127. The molecule has 2 aliphatic carbocycles. The number of fused-ring (bicyclic) bond motifs is 2. The second kappa shape index (κ2) is 34.1. The Bertz CT molecular complexity index is 3000. The number of hydrogen-bond donors (Lipinski definition) is 8. The highest BCUT2D eigenvalue weighted by Crippen LogP contribution is 2.49. The molecule has 4 aliphatic heterocycles. The van der Waals surface area contributed by atoms with Gasteiger partial charge >= 0.3 is 6.09 Å². The van der Waals surface area contributed by atoms with Gasteiger partial charge in [0, 0.05) is 56.4 Å². The van der Waals surface area contributed by atoms with Gasteiger partial charge in [-0.1, -0.05) is 63.1 Å². The maximum Gasteiger partial charge on any atom is 0.407 e. The number of nitrogens with zero attached hydrogens (tertiary/aromatic N) is 1. The highest BCUT2D eigenvalue weighted by molar-refractivity contribution is 14.1. The number of halogens is 1. The number of allylic oxidation sites excluding steroid dienone is 2. The molecule has 0 radical (unpaired) electrons. The first-order valence-electron chi connectivity index (χ1n) is 30.3. The molecule has 5 fully saturated rings. The molecule has 0 aromatic heterocycles. The van der Waals surface area contributed by atoms with Crippen molar-refractivity contribution >= 4 is 84.6 Å². The number of carbonyl (C=O) groups is 5. The van der Waals surface area contributed by atoms with E-state index in [1.807, 2.05) is 36.4 Å². The quantitative estimate of drug-likeness (QED) is 0.0174. The number of aliphatic hydroxyl groups is 5. The third-order valence-electron chi connectivity index (χ3n) is 16.8. The SMILES string of the molecule is CCN(C(=O)CN)C1COC(OC2C(O[C@H]3C#C/C=C\C#C[C@]4(O)CC(=O)C(NC(=O)OC)C3/C4=C\CSSC(C)(C)CC(C)=O)OC(C)C(NOC3CC(O)C(SC(=O)c4c(C)c(I)c(OC5OC(C)C(O)C(OC)C5O)c(OC)c4OC)C(C)O3)C2O)CC1OC. The smallest absolute Gasteiger partial charge is 0.407 e. The first-order valence-corrected chi connectivity index (χ1v) is 34.6. The Morgan fingerprint density at radius 3 is 2.23 bits per heavy atom. The van der Waals surface area contributed by atoms with Crippen molar-refractivity contribution in [2.24, 2.45) is 11.7 Å². The van der Waals surface area contributed by atoms with E-state index in [0.29, 0.717) is 15.7 Å². The maximum absolute atomic E-state index is 14.5. The van der Waals surface area contributed by atoms with Crippen LogP contribution < -0.4 is 30.7 Å². The molecule has 2 amide bonds. The van der Waals surface area contributed by atoms with E-state index in [4.69, 9.17) is 67.4 Å². The van der Waals surface area contributed by atoms with Crippen LogP contribution in [0.5, 0.6) is 17.2 Å². The summed E-state index contributed by atoms with van der Waals surface area (Å²) in [5.41, 5.74) is 7.27. The van der Waals surface area contributed by atoms with Gasteiger partial charge in [0.25, 0.3) is 0 Å². The summed E-state index contributed by atoms with van der Waals surface area (Å²) in [4.78, 5) is 74.8. The van der Waals surface area contributed by atoms with Gasteiger partial charge in [-0.25, -0.2) is 4.79 Å². The summed E-state index contributed by atoms with van der Waals surface area (Å²) in [5.74, 6) is 9.68. The van der Waals surface area contributed by atoms with Crippen LogP contribution in [0.15, 0.2) is 23.8 Å². The van der Waals surface area contributed by atoms with E-state index in [-0.39, 0.29) is 78.2 Å². The lowest BCUT2D eigenvalue weighted by Gasteiger charge is -2.48. The average molecular weight is 1480 g/mol. The molecule has 1 aromatic carbocycles. The Kier molecular flexibility index (Phi) is 28.0. The number of benzene rings is 1. The third-order valence-corrected chi connectivity index (χ3v) is 22.6. The van der Waals surface area contributed by atoms with Crippen LogP contribution in [0.1, 0.15) is 90.1 Å². The van der Waals surface area contributed by atoms with E-state index in [0.717, 1.165) is 18.9 Å². The second-order valence-electron chi connectivity index (χ2n) is 23.7. The van der Waals surface area contributed by atoms with Gasteiger partial charge in [-0.05, 0) is 101 Å². The Labute approximate surface area is 567 Å². The summed E-state index contributed by atoms with van der Waals surface area (Å²) >= 11 is 2.79. The fourth-order valence-corrected chi connectivity index (χ4v) is 16.4. The van der Waals surface area contributed by atoms with Gasteiger partial charge in [-0.15, -0.1) is 0 Å². The fraction of sp³-hybridized carbons (Fsp3) is 0.694. The number of likely N-dealkylation sites (N-methyl/N-ethyl adjacent to an activating group) is 1. The second-order valence-corrected chi connectivity index (χ2v) is 29.0. The Balaban J connectivity index is 1.15. The fourth-order valence-electron chi connectivity index (χ4n) is 12.2. The van der Waals surface area contributed by atoms with E-state index in [1.54, 1.807) is 45.6 Å². The molecule has 1 saturated carbocycles. The number of methoxy groups -OCH3 is 5. The minimum absolute atomic E-state index is 0.00584. The molecular weight excluding hydrogens is 1390 g/mol. The van der Waals surface area contributed by atoms with Crippen molar-refractivity contribution in [3.05, 3.63) is 38.5 Å². The number of carbonyl (C=O) groups excluding carboxylic acids is 5. The number of alkyl carbamates (subject to hydrolysis) is 1. The molecule has 2 bridgehead atoms. The zero-order valence-corrected chi connectivity index (χ0v) is 58.8. The van der Waals surface area contributed by atoms with Gasteiger partial charge in [-0.2, -0.15) is 5.48 Å². The lowest BCUT2D eigenvalue weighted by atomic mass is 9.68. The van der Waals surface area contributed by atoms with Gasteiger partial charge in [0.05, 0.1) is 97.9 Å². The minimum atomic E-state index is -2.11. The predicted octanol–water partition coefficient (Wildman–Crippen LogP) is 2.60. The number of Topliss-reactive ketones (excluding diaryl/α,β-unsaturated/α-hetero) is 2. The molecule has 6 aliphatic rings. The average Bonchev–Trinajstić information content (AvgIpc) is 0.770. The van der Waals surface area contributed by atoms with Gasteiger partial charge in [0.15, 0.2) is 41.8 Å². The highest BCUT2D eigenvalue weighted by Gasteiger charge is 2.55. The molecule has 4 saturated heterocycles. The number of hydroxylamine groups is 1. The number of ketones is 2. The number of rotatable bonds is 25. The Morgan fingerprint density at radius 2 is 1.59 bits per heavy atom. The molecule has 31 heteroatoms. The van der Waals surface area contributed by atoms with Crippen molar-refractivity contribution in [3.63, 3.8) is 0 Å². The van der Waals surface area contributed by atoms with Gasteiger partial charge in [0.1, 0.15) is 48.4 Å². The largest absolute Gasteiger partial charge is 0.492 e. The number of nitrogens with one attached hydrogen (secondary N) is 2. The van der Waals surface area contributed by atoms with Crippen molar-refractivity contribution in [1.29, 1.82) is 0 Å². The zero-order chi connectivity index (χ0) is 68.4. The molecule has 0 spiro atoms. The number of nitrogens with two attached hydrogens (primary N) is 1. The molecular formula is C62H87IN4O23S3. The number of ether oxygens (including phenoxy) is 12. The summed E-state index contributed by atoms with van der Waals surface area (Å²) in [6.07, 6.45) is -14.8. The predicted molar refractivity (Wildman–Crippen MR) is 349 cm³/mol. The third kappa shape index (κ3) is 18.1. The molecule has 9 N–H and O–H groups in total. The monoisotopic (exact) mass is 1480 g/mol. The van der Waals surface area contributed by atoms with Gasteiger partial charge in [-0.3, -0.25) is 24.0 Å². The standard InChI is InChI=1S/C62H87IN4O23S3/c1-14-67(40(71)27-64)35-28-83-41(24-39(35)78-9)88-54-49(73)46(31(4)85-59(54)87-38-19-17-15-16-18-21-62(77)26-37(70)47(65-60(76)82-13)44(38)34(62)20-22-91-93-61(7,8)25-29(2)68)66-90-42-23-36(69)56(33(6)84-42)92-57(75)43-30(3)45(63)52(55(81-12)51(43)79-10)89-58-50(74)53(80-11)48(72)32(5)86-58/h15-16,20,31-33,35-36,38-39,41-42,44,46-50,53-54,56,58-59,66,69,72-74,77H,14,22-28,64H2,1-13H3,(H,65,76)/b16-15-,34-20+/t31?,32?,33?,35?,36?,38-,39?,41?,42?,44?,46?,47?,48?,49?,50?,53?,54?,56?,58?,59?,62-/m0/s1. The summed E-state index contributed by atoms with van der Waals surface area (Å²) < 4.78 is 72.6. The van der Waals surface area contributed by atoms with Crippen LogP contribution in [0.2, 0.25) is 0 Å². The van der Waals surface area contributed by atoms with E-state index < -0.39 is 155 Å². The van der Waals surface area contributed by atoms with Crippen molar-refractivity contribution in [1.82, 2.24) is 15.7 Å². The Hall–Kier alpha value is -3.89. The molecule has 21 atom stereocenters. The summed E-state index contributed by atoms with van der Waals surface area (Å²) in [6, 6.07) is -3.16. The van der Waals surface area contributed by atoms with E-state index >= 15 is 0 Å². The van der Waals surface area contributed by atoms with Crippen LogP contribution in [0.25, 0.3) is 0 Å². The summed E-state index contributed by atoms with van der Waals surface area (Å²) in [6.45, 7) is 13.7. The normalized spacial score (nSPS) is 35.2. The summed E-state index contributed by atoms with van der Waals surface area (Å²) in [5, 5.41) is 60.0. The first kappa shape index (κ1) is 76.5. The number of hydrogen-bond acceptors (Lipinski definition) is 28. The van der Waals surface area contributed by atoms with Crippen molar-refractivity contribution in [2.75, 3.05) is 61.0 Å². The van der Waals surface area contributed by atoms with Gasteiger partial charge in [0.2, 0.25) is 23.1 Å². The van der Waals surface area contributed by atoms with Crippen LogP contribution >= 0.6 is 55.9 Å². The lowest BCUT2D eigenvalue weighted by molar-refractivity contribution is -0.340. The molecule has 93 heavy (non-hydrogen) atoms.